The average Bonchev–Trinajstić information content (AvgIpc) is 3.10. The molecule has 0 aliphatic carbocycles. The second kappa shape index (κ2) is 7.51. The summed E-state index contributed by atoms with van der Waals surface area (Å²) in [4.78, 5) is 23.9. The number of nitrogens with zero attached hydrogens (tertiary/aromatic N) is 3. The van der Waals surface area contributed by atoms with E-state index in [4.69, 9.17) is 0 Å². The first-order valence-corrected chi connectivity index (χ1v) is 9.89. The highest BCUT2D eigenvalue weighted by Crippen LogP contribution is 2.21. The van der Waals surface area contributed by atoms with E-state index in [0.717, 1.165) is 42.1 Å². The van der Waals surface area contributed by atoms with Crippen LogP contribution in [-0.2, 0) is 6.54 Å². The molecule has 1 aliphatic heterocycles. The summed E-state index contributed by atoms with van der Waals surface area (Å²) in [5.41, 5.74) is 2.25. The third-order valence-electron chi connectivity index (χ3n) is 4.87. The summed E-state index contributed by atoms with van der Waals surface area (Å²) >= 11 is 1.47. The van der Waals surface area contributed by atoms with Gasteiger partial charge in [-0.1, -0.05) is 31.2 Å². The van der Waals surface area contributed by atoms with Crippen molar-refractivity contribution in [2.24, 2.45) is 5.92 Å². The Bertz CT molecular complexity index is 915. The van der Waals surface area contributed by atoms with Crippen LogP contribution in [-0.4, -0.2) is 33.9 Å². The first kappa shape index (κ1) is 17.1. The number of fused-ring (bicyclic) bond motifs is 1. The summed E-state index contributed by atoms with van der Waals surface area (Å²) in [6.07, 6.45) is 2.50. The number of benzene rings is 1. The molecule has 3 heterocycles. The quantitative estimate of drug-likeness (QED) is 0.753. The van der Waals surface area contributed by atoms with Crippen LogP contribution in [0.15, 0.2) is 41.8 Å². The van der Waals surface area contributed by atoms with Crippen molar-refractivity contribution in [3.63, 3.8) is 0 Å². The Morgan fingerprint density at radius 2 is 2.00 bits per heavy atom. The summed E-state index contributed by atoms with van der Waals surface area (Å²) in [6.45, 7) is 5.42. The molecule has 1 N–H and O–H groups in total. The van der Waals surface area contributed by atoms with E-state index >= 15 is 0 Å². The zero-order valence-corrected chi connectivity index (χ0v) is 15.6. The van der Waals surface area contributed by atoms with Crippen molar-refractivity contribution in [3.8, 4) is 0 Å². The molecule has 0 unspecified atom stereocenters. The van der Waals surface area contributed by atoms with Crippen LogP contribution in [0, 0.1) is 5.92 Å². The molecule has 4 rings (SSSR count). The van der Waals surface area contributed by atoms with Gasteiger partial charge >= 0.3 is 0 Å². The minimum absolute atomic E-state index is 0.219. The van der Waals surface area contributed by atoms with Gasteiger partial charge in [-0.05, 0) is 44.0 Å². The maximum atomic E-state index is 12.5. The molecule has 134 valence electrons. The largest absolute Gasteiger partial charge is 0.297 e. The Morgan fingerprint density at radius 3 is 2.85 bits per heavy atom. The van der Waals surface area contributed by atoms with Crippen molar-refractivity contribution >= 4 is 33.3 Å². The van der Waals surface area contributed by atoms with Gasteiger partial charge in [-0.15, -0.1) is 11.3 Å². The van der Waals surface area contributed by atoms with Crippen molar-refractivity contribution in [2.75, 3.05) is 18.4 Å². The van der Waals surface area contributed by atoms with Gasteiger partial charge in [0.25, 0.3) is 5.91 Å². The highest BCUT2D eigenvalue weighted by atomic mass is 32.1. The number of anilines is 1. The van der Waals surface area contributed by atoms with Crippen LogP contribution in [0.4, 0.5) is 5.13 Å². The molecule has 0 saturated carbocycles. The molecule has 0 spiro atoms. The monoisotopic (exact) mass is 366 g/mol. The van der Waals surface area contributed by atoms with Crippen LogP contribution in [0.5, 0.6) is 0 Å². The average molecular weight is 366 g/mol. The van der Waals surface area contributed by atoms with Crippen molar-refractivity contribution in [1.82, 2.24) is 14.9 Å². The lowest BCUT2D eigenvalue weighted by Crippen LogP contribution is -2.32. The van der Waals surface area contributed by atoms with Crippen molar-refractivity contribution in [3.05, 3.63) is 53.2 Å². The number of piperidine rings is 1. The lowest BCUT2D eigenvalue weighted by molar-refractivity contribution is 0.102. The summed E-state index contributed by atoms with van der Waals surface area (Å²) < 4.78 is 0. The minimum atomic E-state index is -0.219. The van der Waals surface area contributed by atoms with E-state index in [1.807, 2.05) is 35.7 Å². The molecule has 3 aromatic rings. The topological polar surface area (TPSA) is 58.1 Å². The molecule has 6 heteroatoms. The highest BCUT2D eigenvalue weighted by molar-refractivity contribution is 7.13. The predicted molar refractivity (Wildman–Crippen MR) is 105 cm³/mol. The molecule has 0 atom stereocenters. The molecule has 1 amide bonds. The number of likely N-dealkylation sites (tertiary alicyclic amines) is 1. The first-order valence-electron chi connectivity index (χ1n) is 9.01. The Labute approximate surface area is 157 Å². The predicted octanol–water partition coefficient (Wildman–Crippen LogP) is 4.18. The number of nitrogens with one attached hydrogen (secondary N) is 1. The number of amides is 1. The van der Waals surface area contributed by atoms with Gasteiger partial charge in [0.1, 0.15) is 5.69 Å². The molecule has 1 fully saturated rings. The fourth-order valence-corrected chi connectivity index (χ4v) is 3.94. The second-order valence-corrected chi connectivity index (χ2v) is 7.80. The van der Waals surface area contributed by atoms with Crippen LogP contribution in [0.3, 0.4) is 0 Å². The third kappa shape index (κ3) is 3.92. The number of hydrogen-bond acceptors (Lipinski definition) is 5. The fourth-order valence-electron chi connectivity index (χ4n) is 3.24. The number of carbonyl (C=O) groups excluding carboxylic acids is 1. The summed E-state index contributed by atoms with van der Waals surface area (Å²) in [5.74, 6) is 0.606. The van der Waals surface area contributed by atoms with E-state index in [1.165, 1.54) is 24.2 Å². The van der Waals surface area contributed by atoms with E-state index < -0.39 is 0 Å². The zero-order chi connectivity index (χ0) is 17.9. The van der Waals surface area contributed by atoms with E-state index in [-0.39, 0.29) is 5.91 Å². The number of hydrogen-bond donors (Lipinski definition) is 1. The molecule has 2 aromatic heterocycles. The summed E-state index contributed by atoms with van der Waals surface area (Å²) in [7, 11) is 0. The van der Waals surface area contributed by atoms with Crippen LogP contribution in [0.2, 0.25) is 0 Å². The molecule has 0 bridgehead atoms. The number of thiazole rings is 1. The number of aromatic nitrogens is 2. The van der Waals surface area contributed by atoms with E-state index in [2.05, 4.69) is 27.1 Å². The van der Waals surface area contributed by atoms with Gasteiger partial charge in [-0.3, -0.25) is 15.0 Å². The van der Waals surface area contributed by atoms with Gasteiger partial charge in [0.2, 0.25) is 0 Å². The molecule has 0 radical (unpaired) electrons. The number of carbonyl (C=O) groups is 1. The zero-order valence-electron chi connectivity index (χ0n) is 14.8. The maximum absolute atomic E-state index is 12.5. The number of pyridine rings is 1. The Balaban J connectivity index is 1.40. The third-order valence-corrected chi connectivity index (χ3v) is 5.67. The van der Waals surface area contributed by atoms with Crippen LogP contribution in [0.25, 0.3) is 10.9 Å². The van der Waals surface area contributed by atoms with Crippen LogP contribution in [0.1, 0.15) is 35.9 Å². The van der Waals surface area contributed by atoms with Gasteiger partial charge in [0, 0.05) is 17.3 Å². The number of para-hydroxylation sites is 1. The van der Waals surface area contributed by atoms with Crippen molar-refractivity contribution in [1.29, 1.82) is 0 Å². The van der Waals surface area contributed by atoms with Gasteiger partial charge in [-0.2, -0.15) is 0 Å². The van der Waals surface area contributed by atoms with Gasteiger partial charge in [0.15, 0.2) is 5.13 Å². The molecular weight excluding hydrogens is 344 g/mol. The minimum Gasteiger partial charge on any atom is -0.297 e. The van der Waals surface area contributed by atoms with Crippen LogP contribution < -0.4 is 5.32 Å². The first-order chi connectivity index (χ1) is 12.7. The molecule has 26 heavy (non-hydrogen) atoms. The van der Waals surface area contributed by atoms with E-state index in [9.17, 15) is 4.79 Å². The lowest BCUT2D eigenvalue weighted by Gasteiger charge is -2.29. The summed E-state index contributed by atoms with van der Waals surface area (Å²) in [6, 6.07) is 11.4. The fraction of sp³-hybridized carbons (Fsp3) is 0.350. The second-order valence-electron chi connectivity index (χ2n) is 6.95. The Kier molecular flexibility index (Phi) is 4.95. The standard InChI is InChI=1S/C20H22N4OS/c1-14-8-10-24(11-9-14)12-16-13-26-20(21-16)23-19(25)18-7-6-15-4-2-3-5-17(15)22-18/h2-7,13-14H,8-12H2,1H3,(H,21,23,25). The maximum Gasteiger partial charge on any atom is 0.276 e. The summed E-state index contributed by atoms with van der Waals surface area (Å²) in [5, 5.41) is 6.56. The van der Waals surface area contributed by atoms with Crippen molar-refractivity contribution in [2.45, 2.75) is 26.3 Å². The Hall–Kier alpha value is -2.31. The number of rotatable bonds is 4. The van der Waals surface area contributed by atoms with Gasteiger partial charge in [0.05, 0.1) is 11.2 Å². The molecular formula is C20H22N4OS. The normalized spacial score (nSPS) is 16.0. The smallest absolute Gasteiger partial charge is 0.276 e. The molecule has 1 saturated heterocycles. The van der Waals surface area contributed by atoms with E-state index in [1.54, 1.807) is 6.07 Å². The van der Waals surface area contributed by atoms with Gasteiger partial charge < -0.3 is 0 Å². The van der Waals surface area contributed by atoms with Crippen LogP contribution >= 0.6 is 11.3 Å². The van der Waals surface area contributed by atoms with Crippen molar-refractivity contribution < 1.29 is 4.79 Å². The lowest BCUT2D eigenvalue weighted by atomic mass is 9.99. The van der Waals surface area contributed by atoms with E-state index in [0.29, 0.717) is 10.8 Å². The highest BCUT2D eigenvalue weighted by Gasteiger charge is 2.17. The molecule has 1 aromatic carbocycles. The van der Waals surface area contributed by atoms with Gasteiger partial charge in [-0.25, -0.2) is 9.97 Å². The Morgan fingerprint density at radius 1 is 1.19 bits per heavy atom. The molecule has 5 nitrogen and oxygen atoms in total. The molecule has 1 aliphatic rings. The SMILES string of the molecule is CC1CCN(Cc2csc(NC(=O)c3ccc4ccccc4n3)n2)CC1.